The van der Waals surface area contributed by atoms with Gasteiger partial charge in [-0.15, -0.1) is 0 Å². The fourth-order valence-electron chi connectivity index (χ4n) is 1.06. The van der Waals surface area contributed by atoms with Crippen molar-refractivity contribution < 1.29 is 4.52 Å². The topological polar surface area (TPSA) is 76.7 Å². The summed E-state index contributed by atoms with van der Waals surface area (Å²) in [6.45, 7) is 1.88. The second kappa shape index (κ2) is 2.89. The first-order chi connectivity index (χ1) is 6.27. The third-order valence-electron chi connectivity index (χ3n) is 1.82. The summed E-state index contributed by atoms with van der Waals surface area (Å²) in [5.74, 6) is -0.0510. The van der Waals surface area contributed by atoms with Crippen LogP contribution in [0.3, 0.4) is 0 Å². The number of H-pyrrole nitrogens is 1. The van der Waals surface area contributed by atoms with Crippen molar-refractivity contribution in [2.45, 2.75) is 13.0 Å². The predicted octanol–water partition coefficient (Wildman–Crippen LogP) is 0.169. The van der Waals surface area contributed by atoms with Gasteiger partial charge in [0.25, 0.3) is 0 Å². The maximum absolute atomic E-state index is 10.7. The van der Waals surface area contributed by atoms with Crippen molar-refractivity contribution in [3.05, 3.63) is 35.1 Å². The normalized spacial score (nSPS) is 13.0. The summed E-state index contributed by atoms with van der Waals surface area (Å²) in [7, 11) is 0. The Kier molecular flexibility index (Phi) is 1.73. The summed E-state index contributed by atoms with van der Waals surface area (Å²) in [5.41, 5.74) is 0. The van der Waals surface area contributed by atoms with E-state index in [2.05, 4.69) is 19.6 Å². The van der Waals surface area contributed by atoms with E-state index in [1.807, 2.05) is 11.5 Å². The number of nitrogens with one attached hydrogen (secondary N) is 1. The van der Waals surface area contributed by atoms with Crippen molar-refractivity contribution in [2.24, 2.45) is 0 Å². The standard InChI is InChI=1S/C7H8N4O2/c1-5(11-3-2-8-4-11)6-9-7(12)13-10-6/h2-5H,1H3,(H,9,10,12). The summed E-state index contributed by atoms with van der Waals surface area (Å²) in [6.07, 6.45) is 5.10. The van der Waals surface area contributed by atoms with Gasteiger partial charge < -0.3 is 4.57 Å². The lowest BCUT2D eigenvalue weighted by molar-refractivity contribution is 0.375. The molecule has 0 amide bonds. The summed E-state index contributed by atoms with van der Waals surface area (Å²) in [5, 5.41) is 3.58. The van der Waals surface area contributed by atoms with Gasteiger partial charge in [0.2, 0.25) is 0 Å². The van der Waals surface area contributed by atoms with Crippen LogP contribution < -0.4 is 5.76 Å². The van der Waals surface area contributed by atoms with Crippen molar-refractivity contribution in [1.29, 1.82) is 0 Å². The molecular formula is C7H8N4O2. The van der Waals surface area contributed by atoms with Gasteiger partial charge in [-0.1, -0.05) is 5.16 Å². The van der Waals surface area contributed by atoms with Gasteiger partial charge in [0.1, 0.15) is 0 Å². The van der Waals surface area contributed by atoms with Crippen LogP contribution in [0.4, 0.5) is 0 Å². The maximum atomic E-state index is 10.7. The van der Waals surface area contributed by atoms with Crippen LogP contribution >= 0.6 is 0 Å². The Morgan fingerprint density at radius 2 is 2.54 bits per heavy atom. The smallest absolute Gasteiger partial charge is 0.327 e. The number of hydrogen-bond donors (Lipinski definition) is 1. The Balaban J connectivity index is 2.33. The van der Waals surface area contributed by atoms with Crippen LogP contribution in [0, 0.1) is 0 Å². The molecular weight excluding hydrogens is 172 g/mol. The van der Waals surface area contributed by atoms with Crippen LogP contribution in [0.5, 0.6) is 0 Å². The van der Waals surface area contributed by atoms with E-state index in [1.54, 1.807) is 18.7 Å². The second-order valence-electron chi connectivity index (χ2n) is 2.67. The van der Waals surface area contributed by atoms with Crippen LogP contribution in [0.1, 0.15) is 18.8 Å². The lowest BCUT2D eigenvalue weighted by Gasteiger charge is -2.06. The number of hydrogen-bond acceptors (Lipinski definition) is 4. The lowest BCUT2D eigenvalue weighted by atomic mass is 10.3. The molecule has 2 aromatic heterocycles. The minimum Gasteiger partial charge on any atom is -0.327 e. The number of rotatable bonds is 2. The summed E-state index contributed by atoms with van der Waals surface area (Å²) in [4.78, 5) is 17.0. The minimum absolute atomic E-state index is 0.0750. The average Bonchev–Trinajstić information content (AvgIpc) is 2.72. The highest BCUT2D eigenvalue weighted by molar-refractivity contribution is 4.93. The molecule has 68 valence electrons. The van der Waals surface area contributed by atoms with Gasteiger partial charge >= 0.3 is 5.76 Å². The Hall–Kier alpha value is -1.85. The average molecular weight is 180 g/mol. The van der Waals surface area contributed by atoms with Crippen LogP contribution in [0.2, 0.25) is 0 Å². The molecule has 0 aliphatic carbocycles. The molecule has 6 nitrogen and oxygen atoms in total. The quantitative estimate of drug-likeness (QED) is 0.714. The van der Waals surface area contributed by atoms with Crippen LogP contribution in [-0.4, -0.2) is 19.7 Å². The van der Waals surface area contributed by atoms with Crippen molar-refractivity contribution in [2.75, 3.05) is 0 Å². The highest BCUT2D eigenvalue weighted by atomic mass is 16.5. The van der Waals surface area contributed by atoms with Crippen molar-refractivity contribution >= 4 is 0 Å². The van der Waals surface area contributed by atoms with E-state index in [4.69, 9.17) is 0 Å². The van der Waals surface area contributed by atoms with Gasteiger partial charge in [0.15, 0.2) is 5.82 Å². The molecule has 0 bridgehead atoms. The van der Waals surface area contributed by atoms with Crippen LogP contribution in [0.15, 0.2) is 28.0 Å². The summed E-state index contributed by atoms with van der Waals surface area (Å²) >= 11 is 0. The summed E-state index contributed by atoms with van der Waals surface area (Å²) in [6, 6.07) is -0.0750. The molecule has 0 saturated carbocycles. The van der Waals surface area contributed by atoms with E-state index >= 15 is 0 Å². The Labute approximate surface area is 73.2 Å². The highest BCUT2D eigenvalue weighted by Crippen LogP contribution is 2.10. The van der Waals surface area contributed by atoms with Crippen molar-refractivity contribution in [3.8, 4) is 0 Å². The van der Waals surface area contributed by atoms with Gasteiger partial charge in [0.05, 0.1) is 12.4 Å². The van der Waals surface area contributed by atoms with E-state index in [0.717, 1.165) is 0 Å². The molecule has 2 aromatic rings. The molecule has 0 saturated heterocycles. The SMILES string of the molecule is CC(c1noc(=O)[nH]1)n1ccnc1. The molecule has 0 aromatic carbocycles. The number of nitrogens with zero attached hydrogens (tertiary/aromatic N) is 3. The zero-order valence-electron chi connectivity index (χ0n) is 6.97. The number of imidazole rings is 1. The van der Waals surface area contributed by atoms with E-state index < -0.39 is 5.76 Å². The lowest BCUT2D eigenvalue weighted by Crippen LogP contribution is -2.07. The zero-order valence-corrected chi connectivity index (χ0v) is 6.97. The predicted molar refractivity (Wildman–Crippen MR) is 43.2 cm³/mol. The molecule has 0 spiro atoms. The van der Waals surface area contributed by atoms with Crippen molar-refractivity contribution in [3.63, 3.8) is 0 Å². The van der Waals surface area contributed by atoms with Crippen LogP contribution in [0.25, 0.3) is 0 Å². The molecule has 0 aliphatic heterocycles. The largest absolute Gasteiger partial charge is 0.438 e. The molecule has 1 N–H and O–H groups in total. The molecule has 1 unspecified atom stereocenters. The monoisotopic (exact) mass is 180 g/mol. The molecule has 1 atom stereocenters. The first-order valence-corrected chi connectivity index (χ1v) is 3.80. The van der Waals surface area contributed by atoms with Gasteiger partial charge in [-0.25, -0.2) is 9.78 Å². The van der Waals surface area contributed by atoms with Gasteiger partial charge in [-0.05, 0) is 6.92 Å². The van der Waals surface area contributed by atoms with E-state index in [0.29, 0.717) is 5.82 Å². The van der Waals surface area contributed by atoms with Crippen LogP contribution in [-0.2, 0) is 0 Å². The Bertz CT molecular complexity index is 427. The second-order valence-corrected chi connectivity index (χ2v) is 2.67. The number of aromatic amines is 1. The zero-order chi connectivity index (χ0) is 9.26. The molecule has 0 radical (unpaired) electrons. The van der Waals surface area contributed by atoms with Gasteiger partial charge in [-0.2, -0.15) is 0 Å². The molecule has 2 rings (SSSR count). The maximum Gasteiger partial charge on any atom is 0.438 e. The number of aromatic nitrogens is 4. The Morgan fingerprint density at radius 1 is 1.69 bits per heavy atom. The van der Waals surface area contributed by atoms with E-state index in [9.17, 15) is 4.79 Å². The first kappa shape index (κ1) is 7.78. The molecule has 13 heavy (non-hydrogen) atoms. The third kappa shape index (κ3) is 1.37. The van der Waals surface area contributed by atoms with E-state index in [1.165, 1.54) is 0 Å². The molecule has 6 heteroatoms. The summed E-state index contributed by atoms with van der Waals surface area (Å²) < 4.78 is 6.20. The molecule has 0 aliphatic rings. The fraction of sp³-hybridized carbons (Fsp3) is 0.286. The minimum atomic E-state index is -0.540. The first-order valence-electron chi connectivity index (χ1n) is 3.80. The van der Waals surface area contributed by atoms with E-state index in [-0.39, 0.29) is 6.04 Å². The molecule has 2 heterocycles. The fourth-order valence-corrected chi connectivity index (χ4v) is 1.06. The van der Waals surface area contributed by atoms with Gasteiger partial charge in [0, 0.05) is 12.4 Å². The Morgan fingerprint density at radius 3 is 3.08 bits per heavy atom. The third-order valence-corrected chi connectivity index (χ3v) is 1.82. The van der Waals surface area contributed by atoms with Crippen molar-refractivity contribution in [1.82, 2.24) is 19.7 Å². The molecule has 0 fully saturated rings. The van der Waals surface area contributed by atoms with Gasteiger partial charge in [-0.3, -0.25) is 9.51 Å². The highest BCUT2D eigenvalue weighted by Gasteiger charge is 2.11.